The minimum absolute atomic E-state index is 0.0901. The molecule has 3 rings (SSSR count). The molecule has 1 aliphatic rings. The van der Waals surface area contributed by atoms with Gasteiger partial charge in [0.25, 0.3) is 11.8 Å². The fourth-order valence-electron chi connectivity index (χ4n) is 3.15. The molecule has 1 aromatic heterocycles. The summed E-state index contributed by atoms with van der Waals surface area (Å²) in [5.41, 5.74) is 2.73. The van der Waals surface area contributed by atoms with Gasteiger partial charge in [0, 0.05) is 28.9 Å². The Hall–Kier alpha value is -2.21. The van der Waals surface area contributed by atoms with Crippen LogP contribution < -0.4 is 10.6 Å². The van der Waals surface area contributed by atoms with Gasteiger partial charge in [-0.3, -0.25) is 9.59 Å². The van der Waals surface area contributed by atoms with E-state index in [2.05, 4.69) is 17.6 Å². The van der Waals surface area contributed by atoms with Crippen molar-refractivity contribution in [2.45, 2.75) is 33.1 Å². The van der Waals surface area contributed by atoms with Crippen molar-refractivity contribution in [3.05, 3.63) is 56.5 Å². The first-order valence-electron chi connectivity index (χ1n) is 8.87. The van der Waals surface area contributed by atoms with E-state index >= 15 is 0 Å². The summed E-state index contributed by atoms with van der Waals surface area (Å²) < 4.78 is 13.5. The number of hydrogen-bond acceptors (Lipinski definition) is 3. The van der Waals surface area contributed by atoms with Crippen molar-refractivity contribution >= 4 is 23.2 Å². The van der Waals surface area contributed by atoms with E-state index in [4.69, 9.17) is 0 Å². The Bertz CT molecular complexity index is 831. The zero-order chi connectivity index (χ0) is 18.7. The van der Waals surface area contributed by atoms with Crippen LogP contribution in [0.5, 0.6) is 0 Å². The molecule has 0 aliphatic heterocycles. The van der Waals surface area contributed by atoms with Crippen molar-refractivity contribution in [2.75, 3.05) is 13.1 Å². The zero-order valence-corrected chi connectivity index (χ0v) is 15.8. The molecular formula is C20H23FN2O2S. The Balaban J connectivity index is 1.48. The van der Waals surface area contributed by atoms with E-state index in [-0.39, 0.29) is 17.4 Å². The molecule has 0 spiro atoms. The molecule has 138 valence electrons. The summed E-state index contributed by atoms with van der Waals surface area (Å²) in [6, 6.07) is 4.39. The largest absolute Gasteiger partial charge is 0.350 e. The molecule has 0 saturated carbocycles. The van der Waals surface area contributed by atoms with Crippen LogP contribution in [0.3, 0.4) is 0 Å². The third-order valence-electron chi connectivity index (χ3n) is 4.78. The number of hydrogen-bond donors (Lipinski definition) is 2. The SMILES string of the molecule is Cc1ccc(C(=O)NCCNC(=O)c2csc3c2CCC(C)C3)cc1F. The molecule has 1 heterocycles. The normalized spacial score (nSPS) is 16.0. The predicted molar refractivity (Wildman–Crippen MR) is 101 cm³/mol. The van der Waals surface area contributed by atoms with Gasteiger partial charge in [-0.1, -0.05) is 13.0 Å². The molecular weight excluding hydrogens is 351 g/mol. The molecule has 0 bridgehead atoms. The zero-order valence-electron chi connectivity index (χ0n) is 15.0. The van der Waals surface area contributed by atoms with Crippen LogP contribution in [0.25, 0.3) is 0 Å². The molecule has 4 nitrogen and oxygen atoms in total. The highest BCUT2D eigenvalue weighted by molar-refractivity contribution is 7.10. The van der Waals surface area contributed by atoms with Crippen molar-refractivity contribution in [3.63, 3.8) is 0 Å². The summed E-state index contributed by atoms with van der Waals surface area (Å²) in [5.74, 6) is -0.158. The number of halogens is 1. The average molecular weight is 374 g/mol. The average Bonchev–Trinajstić information content (AvgIpc) is 3.03. The van der Waals surface area contributed by atoms with Crippen molar-refractivity contribution in [2.24, 2.45) is 5.92 Å². The van der Waals surface area contributed by atoms with Gasteiger partial charge in [0.2, 0.25) is 0 Å². The summed E-state index contributed by atoms with van der Waals surface area (Å²) >= 11 is 1.66. The Labute approximate surface area is 156 Å². The molecule has 0 fully saturated rings. The van der Waals surface area contributed by atoms with E-state index in [9.17, 15) is 14.0 Å². The standard InChI is InChI=1S/C20H23FN2O2S/c1-12-3-6-15-16(11-26-18(15)9-12)20(25)23-8-7-22-19(24)14-5-4-13(2)17(21)10-14/h4-5,10-12H,3,6-9H2,1-2H3,(H,22,24)(H,23,25). The number of thiophene rings is 1. The molecule has 26 heavy (non-hydrogen) atoms. The van der Waals surface area contributed by atoms with Crippen molar-refractivity contribution < 1.29 is 14.0 Å². The van der Waals surface area contributed by atoms with Crippen LogP contribution in [0.15, 0.2) is 23.6 Å². The van der Waals surface area contributed by atoms with Crippen LogP contribution in [0.1, 0.15) is 50.1 Å². The molecule has 0 saturated heterocycles. The number of carbonyl (C=O) groups excluding carboxylic acids is 2. The quantitative estimate of drug-likeness (QED) is 0.787. The fourth-order valence-corrected chi connectivity index (χ4v) is 4.40. The smallest absolute Gasteiger partial charge is 0.252 e. The van der Waals surface area contributed by atoms with Crippen LogP contribution in [0, 0.1) is 18.7 Å². The second kappa shape index (κ2) is 7.99. The number of amides is 2. The molecule has 1 aliphatic carbocycles. The maximum absolute atomic E-state index is 13.5. The summed E-state index contributed by atoms with van der Waals surface area (Å²) in [7, 11) is 0. The summed E-state index contributed by atoms with van der Waals surface area (Å²) in [4.78, 5) is 25.7. The van der Waals surface area contributed by atoms with Gasteiger partial charge in [-0.05, 0) is 55.4 Å². The van der Waals surface area contributed by atoms with Gasteiger partial charge in [-0.15, -0.1) is 11.3 Å². The first-order valence-corrected chi connectivity index (χ1v) is 9.75. The predicted octanol–water partition coefficient (Wildman–Crippen LogP) is 3.48. The lowest BCUT2D eigenvalue weighted by Gasteiger charge is -2.18. The van der Waals surface area contributed by atoms with Gasteiger partial charge in [0.15, 0.2) is 0 Å². The molecule has 1 aromatic carbocycles. The van der Waals surface area contributed by atoms with E-state index in [1.54, 1.807) is 30.4 Å². The Morgan fingerprint density at radius 3 is 2.69 bits per heavy atom. The molecule has 0 radical (unpaired) electrons. The highest BCUT2D eigenvalue weighted by Crippen LogP contribution is 2.32. The van der Waals surface area contributed by atoms with E-state index < -0.39 is 5.82 Å². The van der Waals surface area contributed by atoms with Gasteiger partial charge >= 0.3 is 0 Å². The number of aryl methyl sites for hydroxylation is 1. The highest BCUT2D eigenvalue weighted by atomic mass is 32.1. The van der Waals surface area contributed by atoms with Gasteiger partial charge in [0.05, 0.1) is 5.56 Å². The van der Waals surface area contributed by atoms with E-state index in [0.717, 1.165) is 24.8 Å². The van der Waals surface area contributed by atoms with Crippen molar-refractivity contribution in [1.29, 1.82) is 0 Å². The minimum Gasteiger partial charge on any atom is -0.350 e. The van der Waals surface area contributed by atoms with E-state index in [1.165, 1.54) is 16.5 Å². The minimum atomic E-state index is -0.400. The third kappa shape index (κ3) is 4.12. The Morgan fingerprint density at radius 1 is 1.23 bits per heavy atom. The monoisotopic (exact) mass is 374 g/mol. The third-order valence-corrected chi connectivity index (χ3v) is 5.83. The molecule has 2 N–H and O–H groups in total. The second-order valence-electron chi connectivity index (χ2n) is 6.87. The maximum atomic E-state index is 13.5. The van der Waals surface area contributed by atoms with Gasteiger partial charge in [0.1, 0.15) is 5.82 Å². The maximum Gasteiger partial charge on any atom is 0.252 e. The molecule has 6 heteroatoms. The first kappa shape index (κ1) is 18.6. The van der Waals surface area contributed by atoms with E-state index in [0.29, 0.717) is 24.6 Å². The summed E-state index contributed by atoms with van der Waals surface area (Å²) in [6.07, 6.45) is 3.13. The number of carbonyl (C=O) groups is 2. The van der Waals surface area contributed by atoms with Crippen LogP contribution in [-0.4, -0.2) is 24.9 Å². The first-order chi connectivity index (χ1) is 12.5. The lowest BCUT2D eigenvalue weighted by molar-refractivity contribution is 0.0927. The molecule has 2 amide bonds. The highest BCUT2D eigenvalue weighted by Gasteiger charge is 2.22. The molecule has 2 aromatic rings. The fraction of sp³-hybridized carbons (Fsp3) is 0.400. The number of fused-ring (bicyclic) bond motifs is 1. The second-order valence-corrected chi connectivity index (χ2v) is 7.84. The van der Waals surface area contributed by atoms with Gasteiger partial charge < -0.3 is 10.6 Å². The molecule has 1 unspecified atom stereocenters. The topological polar surface area (TPSA) is 58.2 Å². The van der Waals surface area contributed by atoms with Gasteiger partial charge in [-0.2, -0.15) is 0 Å². The van der Waals surface area contributed by atoms with Crippen molar-refractivity contribution in [3.8, 4) is 0 Å². The van der Waals surface area contributed by atoms with Crippen LogP contribution >= 0.6 is 11.3 Å². The van der Waals surface area contributed by atoms with Crippen LogP contribution in [0.2, 0.25) is 0 Å². The number of benzene rings is 1. The van der Waals surface area contributed by atoms with Crippen LogP contribution in [0.4, 0.5) is 4.39 Å². The summed E-state index contributed by atoms with van der Waals surface area (Å²) in [6.45, 7) is 4.52. The number of rotatable bonds is 5. The summed E-state index contributed by atoms with van der Waals surface area (Å²) in [5, 5.41) is 7.49. The Morgan fingerprint density at radius 2 is 1.96 bits per heavy atom. The lowest BCUT2D eigenvalue weighted by atomic mass is 9.88. The molecule has 1 atom stereocenters. The van der Waals surface area contributed by atoms with Gasteiger partial charge in [-0.25, -0.2) is 4.39 Å². The van der Waals surface area contributed by atoms with E-state index in [1.807, 2.05) is 5.38 Å². The number of nitrogens with one attached hydrogen (secondary N) is 2. The Kier molecular flexibility index (Phi) is 5.71. The van der Waals surface area contributed by atoms with Crippen molar-refractivity contribution in [1.82, 2.24) is 10.6 Å². The van der Waals surface area contributed by atoms with Crippen LogP contribution in [-0.2, 0) is 12.8 Å². The lowest BCUT2D eigenvalue weighted by Crippen LogP contribution is -2.35.